The van der Waals surface area contributed by atoms with Crippen LogP contribution in [0, 0.1) is 5.92 Å². The number of likely N-dealkylation sites (N-methyl/N-ethyl adjacent to an activating group) is 1. The fourth-order valence-corrected chi connectivity index (χ4v) is 5.70. The van der Waals surface area contributed by atoms with E-state index in [9.17, 15) is 4.79 Å². The van der Waals surface area contributed by atoms with Crippen molar-refractivity contribution in [2.24, 2.45) is 5.92 Å². The molecule has 2 atom stereocenters. The number of fused-ring (bicyclic) bond motifs is 1. The number of carbonyl (C=O) groups excluding carboxylic acids is 1. The van der Waals surface area contributed by atoms with Gasteiger partial charge < -0.3 is 19.0 Å². The van der Waals surface area contributed by atoms with Crippen LogP contribution in [0.25, 0.3) is 0 Å². The van der Waals surface area contributed by atoms with E-state index in [1.165, 1.54) is 5.56 Å². The van der Waals surface area contributed by atoms with Crippen LogP contribution >= 0.6 is 0 Å². The predicted octanol–water partition coefficient (Wildman–Crippen LogP) is 6.03. The minimum absolute atomic E-state index is 0.0888. The number of hydrogen-bond donors (Lipinski definition) is 0. The smallest absolute Gasteiger partial charge is 0.253 e. The maximum atomic E-state index is 13.2. The summed E-state index contributed by atoms with van der Waals surface area (Å²) in [6.07, 6.45) is 22.3. The molecule has 0 N–H and O–H groups in total. The lowest BCUT2D eigenvalue weighted by molar-refractivity contribution is -0.126. The van der Waals surface area contributed by atoms with Gasteiger partial charge in [0.15, 0.2) is 0 Å². The highest BCUT2D eigenvalue weighted by Gasteiger charge is 2.38. The molecule has 6 heteroatoms. The van der Waals surface area contributed by atoms with Crippen LogP contribution < -0.4 is 0 Å². The molecule has 0 radical (unpaired) electrons. The Balaban J connectivity index is 1.57. The molecule has 37 heavy (non-hydrogen) atoms. The minimum atomic E-state index is 0.0888. The maximum Gasteiger partial charge on any atom is 0.253 e. The number of hydrogen-bond acceptors (Lipinski definition) is 5. The van der Waals surface area contributed by atoms with E-state index in [0.717, 1.165) is 62.3 Å². The highest BCUT2D eigenvalue weighted by molar-refractivity contribution is 5.96. The molecule has 1 aromatic rings. The molecule has 6 nitrogen and oxygen atoms in total. The Labute approximate surface area is 222 Å². The van der Waals surface area contributed by atoms with Gasteiger partial charge in [-0.3, -0.25) is 9.69 Å². The lowest BCUT2D eigenvalue weighted by Crippen LogP contribution is -2.52. The van der Waals surface area contributed by atoms with Crippen LogP contribution in [-0.2, 0) is 16.1 Å². The zero-order valence-electron chi connectivity index (χ0n) is 22.9. The van der Waals surface area contributed by atoms with Crippen molar-refractivity contribution in [3.63, 3.8) is 0 Å². The second kappa shape index (κ2) is 13.0. The number of amides is 1. The van der Waals surface area contributed by atoms with Crippen molar-refractivity contribution in [2.75, 3.05) is 26.2 Å². The maximum absolute atomic E-state index is 13.2. The Morgan fingerprint density at radius 2 is 1.97 bits per heavy atom. The number of rotatable bonds is 9. The van der Waals surface area contributed by atoms with E-state index in [-0.39, 0.29) is 11.9 Å². The summed E-state index contributed by atoms with van der Waals surface area (Å²) in [5, 5.41) is 0. The molecule has 0 aromatic carbocycles. The minimum Gasteiger partial charge on any atom is -0.472 e. The molecule has 3 heterocycles. The van der Waals surface area contributed by atoms with Crippen LogP contribution in [0.5, 0.6) is 0 Å². The molecule has 2 aliphatic heterocycles. The average Bonchev–Trinajstić information content (AvgIpc) is 3.35. The quantitative estimate of drug-likeness (QED) is 0.233. The lowest BCUT2D eigenvalue weighted by atomic mass is 9.92. The molecular weight excluding hydrogens is 462 g/mol. The standard InChI is InChI=1S/C31H43N3O3/c1-5-10-26(31(35)33(6-2)7-3)13-14-28-23-37-29-12-9-8-11-24(4)30(29)34(28)27-15-18-32(19-16-27)21-25-17-20-36-22-25/h8,10-14,17,20,22-24,27,30H,5-7,9,15-16,18-19,21H2,1-4H3/b14-13-,26-10+. The largest absolute Gasteiger partial charge is 0.472 e. The number of nitrogens with zero attached hydrogens (tertiary/aromatic N) is 3. The molecular formula is C31H43N3O3. The first kappa shape index (κ1) is 27.1. The van der Waals surface area contributed by atoms with Gasteiger partial charge in [0.05, 0.1) is 24.3 Å². The number of allylic oxidation sites excluding steroid dienone is 4. The summed E-state index contributed by atoms with van der Waals surface area (Å²) in [5.41, 5.74) is 3.03. The van der Waals surface area contributed by atoms with Crippen LogP contribution in [-0.4, -0.2) is 58.9 Å². The van der Waals surface area contributed by atoms with Crippen LogP contribution in [0.1, 0.15) is 58.9 Å². The van der Waals surface area contributed by atoms with Crippen molar-refractivity contribution in [2.45, 2.75) is 72.0 Å². The van der Waals surface area contributed by atoms with Crippen molar-refractivity contribution >= 4 is 5.91 Å². The average molecular weight is 506 g/mol. The van der Waals surface area contributed by atoms with Gasteiger partial charge in [-0.05, 0) is 63.8 Å². The first-order valence-corrected chi connectivity index (χ1v) is 14.0. The van der Waals surface area contributed by atoms with Gasteiger partial charge in [-0.2, -0.15) is 0 Å². The van der Waals surface area contributed by atoms with Crippen molar-refractivity contribution < 1.29 is 13.9 Å². The first-order valence-electron chi connectivity index (χ1n) is 14.0. The van der Waals surface area contributed by atoms with Gasteiger partial charge in [-0.25, -0.2) is 0 Å². The normalized spacial score (nSPS) is 23.4. The molecule has 0 saturated carbocycles. The van der Waals surface area contributed by atoms with E-state index in [0.29, 0.717) is 25.0 Å². The topological polar surface area (TPSA) is 49.2 Å². The van der Waals surface area contributed by atoms with E-state index in [1.807, 2.05) is 43.4 Å². The van der Waals surface area contributed by atoms with Gasteiger partial charge in [-0.1, -0.05) is 32.1 Å². The van der Waals surface area contributed by atoms with Crippen LogP contribution in [0.2, 0.25) is 0 Å². The summed E-state index contributed by atoms with van der Waals surface area (Å²) in [5.74, 6) is 1.46. The Bertz CT molecular complexity index is 1040. The monoisotopic (exact) mass is 505 g/mol. The van der Waals surface area contributed by atoms with Gasteiger partial charge in [0.2, 0.25) is 0 Å². The fourth-order valence-electron chi connectivity index (χ4n) is 5.70. The fraction of sp³-hybridized carbons (Fsp3) is 0.516. The van der Waals surface area contributed by atoms with E-state index >= 15 is 0 Å². The van der Waals surface area contributed by atoms with Gasteiger partial charge in [0.25, 0.3) is 5.91 Å². The molecule has 1 amide bonds. The summed E-state index contributed by atoms with van der Waals surface area (Å²) >= 11 is 0. The van der Waals surface area contributed by atoms with Crippen molar-refractivity contribution in [3.8, 4) is 0 Å². The Morgan fingerprint density at radius 1 is 1.19 bits per heavy atom. The predicted molar refractivity (Wildman–Crippen MR) is 148 cm³/mol. The highest BCUT2D eigenvalue weighted by Crippen LogP contribution is 2.37. The molecule has 1 saturated heterocycles. The molecule has 0 spiro atoms. The SMILES string of the molecule is CC/C=C(\C=C/C1=COC2=CCC=CC(C)C2N1C1CCN(Cc2ccoc2)CC1)C(=O)N(CC)CC. The van der Waals surface area contributed by atoms with Gasteiger partial charge in [0, 0.05) is 55.8 Å². The van der Waals surface area contributed by atoms with E-state index < -0.39 is 0 Å². The molecule has 2 unspecified atom stereocenters. The lowest BCUT2D eigenvalue weighted by Gasteiger charge is -2.47. The van der Waals surface area contributed by atoms with Gasteiger partial charge in [0.1, 0.15) is 12.0 Å². The molecule has 200 valence electrons. The third-order valence-corrected chi connectivity index (χ3v) is 7.69. The van der Waals surface area contributed by atoms with Crippen LogP contribution in [0.15, 0.2) is 82.8 Å². The zero-order valence-corrected chi connectivity index (χ0v) is 22.9. The number of likely N-dealkylation sites (tertiary alicyclic amines) is 1. The third-order valence-electron chi connectivity index (χ3n) is 7.69. The highest BCUT2D eigenvalue weighted by atomic mass is 16.5. The van der Waals surface area contributed by atoms with Crippen molar-refractivity contribution in [1.82, 2.24) is 14.7 Å². The molecule has 0 bridgehead atoms. The molecule has 1 aliphatic carbocycles. The molecule has 3 aliphatic rings. The van der Waals surface area contributed by atoms with E-state index in [2.05, 4.69) is 54.0 Å². The number of piperidine rings is 1. The Hall–Kier alpha value is -2.99. The van der Waals surface area contributed by atoms with E-state index in [4.69, 9.17) is 9.15 Å². The summed E-state index contributed by atoms with van der Waals surface area (Å²) in [7, 11) is 0. The van der Waals surface area contributed by atoms with Gasteiger partial charge in [-0.15, -0.1) is 0 Å². The zero-order chi connectivity index (χ0) is 26.2. The summed E-state index contributed by atoms with van der Waals surface area (Å²) in [4.78, 5) is 20.1. The van der Waals surface area contributed by atoms with Crippen molar-refractivity contribution in [1.29, 1.82) is 0 Å². The molecule has 1 fully saturated rings. The van der Waals surface area contributed by atoms with Crippen LogP contribution in [0.4, 0.5) is 0 Å². The number of furan rings is 1. The summed E-state index contributed by atoms with van der Waals surface area (Å²) in [6, 6.07) is 2.61. The number of ether oxygens (including phenoxy) is 1. The second-order valence-corrected chi connectivity index (χ2v) is 10.2. The second-order valence-electron chi connectivity index (χ2n) is 10.2. The summed E-state index contributed by atoms with van der Waals surface area (Å²) < 4.78 is 11.5. The van der Waals surface area contributed by atoms with Crippen molar-refractivity contribution in [3.05, 3.63) is 83.9 Å². The Morgan fingerprint density at radius 3 is 2.65 bits per heavy atom. The number of carbonyl (C=O) groups is 1. The van der Waals surface area contributed by atoms with Gasteiger partial charge >= 0.3 is 0 Å². The summed E-state index contributed by atoms with van der Waals surface area (Å²) in [6.45, 7) is 12.9. The van der Waals surface area contributed by atoms with E-state index in [1.54, 1.807) is 6.26 Å². The third kappa shape index (κ3) is 6.48. The molecule has 1 aromatic heterocycles. The molecule has 4 rings (SSSR count). The Kier molecular flexibility index (Phi) is 9.51. The van der Waals surface area contributed by atoms with Crippen LogP contribution in [0.3, 0.4) is 0 Å². The first-order chi connectivity index (χ1) is 18.0.